The molecule has 0 saturated carbocycles. The zero-order valence-corrected chi connectivity index (χ0v) is 17.0. The lowest BCUT2D eigenvalue weighted by atomic mass is 10.1. The number of ether oxygens (including phenoxy) is 4. The second-order valence-electron chi connectivity index (χ2n) is 6.07. The lowest BCUT2D eigenvalue weighted by Crippen LogP contribution is -2.21. The molecule has 0 bridgehead atoms. The van der Waals surface area contributed by atoms with Crippen molar-refractivity contribution < 1.29 is 33.3 Å². The maximum absolute atomic E-state index is 12.4. The van der Waals surface area contributed by atoms with E-state index in [2.05, 4.69) is 10.3 Å². The number of benzene rings is 1. The fourth-order valence-corrected chi connectivity index (χ4v) is 2.74. The van der Waals surface area contributed by atoms with Crippen molar-refractivity contribution in [2.24, 2.45) is 0 Å². The Hall–Kier alpha value is -3.49. The number of amides is 1. The van der Waals surface area contributed by atoms with Crippen LogP contribution in [0.4, 0.5) is 5.69 Å². The number of hydrogen-bond acceptors (Lipinski definition) is 7. The van der Waals surface area contributed by atoms with Crippen molar-refractivity contribution in [2.75, 3.05) is 32.8 Å². The lowest BCUT2D eigenvalue weighted by molar-refractivity contribution is -0.119. The van der Waals surface area contributed by atoms with Crippen LogP contribution in [-0.2, 0) is 14.3 Å². The molecule has 0 spiro atoms. The number of methoxy groups -OCH3 is 2. The number of carbonyl (C=O) groups excluding carboxylic acids is 3. The molecule has 2 N–H and O–H groups in total. The Labute approximate surface area is 168 Å². The van der Waals surface area contributed by atoms with E-state index in [9.17, 15) is 14.4 Å². The Morgan fingerprint density at radius 2 is 1.59 bits per heavy atom. The minimum atomic E-state index is -0.717. The highest BCUT2D eigenvalue weighted by Gasteiger charge is 2.24. The first-order valence-corrected chi connectivity index (χ1v) is 8.87. The van der Waals surface area contributed by atoms with E-state index in [1.807, 2.05) is 0 Å². The summed E-state index contributed by atoms with van der Waals surface area (Å²) >= 11 is 0. The van der Waals surface area contributed by atoms with Gasteiger partial charge in [-0.25, -0.2) is 9.59 Å². The number of carbonyl (C=O) groups is 3. The van der Waals surface area contributed by atoms with Gasteiger partial charge in [0.05, 0.1) is 26.4 Å². The number of aromatic nitrogens is 1. The number of hydrogen-bond donors (Lipinski definition) is 2. The number of H-pyrrole nitrogens is 1. The molecule has 0 aliphatic rings. The Bertz CT molecular complexity index is 896. The van der Waals surface area contributed by atoms with Gasteiger partial charge in [0.25, 0.3) is 5.91 Å². The van der Waals surface area contributed by atoms with Crippen LogP contribution < -0.4 is 14.8 Å². The molecule has 0 radical (unpaired) electrons. The Morgan fingerprint density at radius 1 is 0.966 bits per heavy atom. The molecular formula is C20H24N2O7. The van der Waals surface area contributed by atoms with Crippen molar-refractivity contribution in [3.8, 4) is 11.5 Å². The van der Waals surface area contributed by atoms with Gasteiger partial charge in [-0.05, 0) is 26.3 Å². The molecule has 0 aliphatic heterocycles. The van der Waals surface area contributed by atoms with Crippen LogP contribution in [-0.4, -0.2) is 50.3 Å². The Kier molecular flexibility index (Phi) is 7.24. The van der Waals surface area contributed by atoms with Gasteiger partial charge in [-0.2, -0.15) is 0 Å². The maximum atomic E-state index is 12.4. The lowest BCUT2D eigenvalue weighted by Gasteiger charge is -2.10. The summed E-state index contributed by atoms with van der Waals surface area (Å²) in [5.74, 6) is -0.810. The highest BCUT2D eigenvalue weighted by molar-refractivity contribution is 6.00. The van der Waals surface area contributed by atoms with Crippen LogP contribution in [0, 0.1) is 13.8 Å². The van der Waals surface area contributed by atoms with Crippen molar-refractivity contribution in [1.29, 1.82) is 0 Å². The molecule has 2 rings (SSSR count). The van der Waals surface area contributed by atoms with Crippen molar-refractivity contribution in [3.63, 3.8) is 0 Å². The monoisotopic (exact) mass is 404 g/mol. The van der Waals surface area contributed by atoms with Crippen molar-refractivity contribution in [3.05, 3.63) is 40.7 Å². The van der Waals surface area contributed by atoms with Gasteiger partial charge in [0.2, 0.25) is 0 Å². The minimum absolute atomic E-state index is 0.184. The van der Waals surface area contributed by atoms with Crippen molar-refractivity contribution >= 4 is 23.5 Å². The average Bonchev–Trinajstić information content (AvgIpc) is 3.00. The topological polar surface area (TPSA) is 116 Å². The fourth-order valence-electron chi connectivity index (χ4n) is 2.74. The van der Waals surface area contributed by atoms with Crippen LogP contribution in [0.15, 0.2) is 18.2 Å². The van der Waals surface area contributed by atoms with Crippen LogP contribution in [0.3, 0.4) is 0 Å². The van der Waals surface area contributed by atoms with Crippen LogP contribution in [0.1, 0.15) is 39.0 Å². The number of esters is 2. The summed E-state index contributed by atoms with van der Waals surface area (Å²) in [6.07, 6.45) is 0. The summed E-state index contributed by atoms with van der Waals surface area (Å²) in [5.41, 5.74) is 1.67. The van der Waals surface area contributed by atoms with E-state index in [-0.39, 0.29) is 17.9 Å². The standard InChI is InChI=1S/C20H24N2O7/c1-6-28-20(25)18-11(2)17(12(3)21-18)19(24)29-10-16(23)22-13-7-14(26-4)9-15(8-13)27-5/h7-9,21H,6,10H2,1-5H3,(H,22,23). The SMILES string of the molecule is CCOC(=O)c1[nH]c(C)c(C(=O)OCC(=O)Nc2cc(OC)cc(OC)c2)c1C. The zero-order chi connectivity index (χ0) is 21.6. The van der Waals surface area contributed by atoms with E-state index >= 15 is 0 Å². The van der Waals surface area contributed by atoms with Crippen LogP contribution in [0.5, 0.6) is 11.5 Å². The largest absolute Gasteiger partial charge is 0.497 e. The first-order chi connectivity index (χ1) is 13.8. The second kappa shape index (κ2) is 9.63. The third kappa shape index (κ3) is 5.28. The molecule has 1 amide bonds. The van der Waals surface area contributed by atoms with Gasteiger partial charge in [-0.15, -0.1) is 0 Å². The van der Waals surface area contributed by atoms with Gasteiger partial charge >= 0.3 is 11.9 Å². The normalized spacial score (nSPS) is 10.2. The summed E-state index contributed by atoms with van der Waals surface area (Å²) in [4.78, 5) is 39.4. The summed E-state index contributed by atoms with van der Waals surface area (Å²) in [6.45, 7) is 4.64. The van der Waals surface area contributed by atoms with E-state index in [1.165, 1.54) is 14.2 Å². The number of rotatable bonds is 8. The van der Waals surface area contributed by atoms with E-state index in [4.69, 9.17) is 18.9 Å². The molecule has 1 aromatic carbocycles. The van der Waals surface area contributed by atoms with Gasteiger partial charge in [0.1, 0.15) is 17.2 Å². The molecule has 156 valence electrons. The fraction of sp³-hybridized carbons (Fsp3) is 0.350. The molecule has 1 heterocycles. The van der Waals surface area contributed by atoms with Gasteiger partial charge in [0.15, 0.2) is 6.61 Å². The first-order valence-electron chi connectivity index (χ1n) is 8.87. The first kappa shape index (κ1) is 21.8. The molecule has 9 nitrogen and oxygen atoms in total. The minimum Gasteiger partial charge on any atom is -0.497 e. The third-order valence-corrected chi connectivity index (χ3v) is 4.09. The van der Waals surface area contributed by atoms with Gasteiger partial charge in [0, 0.05) is 29.6 Å². The molecule has 0 saturated heterocycles. The van der Waals surface area contributed by atoms with E-state index in [0.717, 1.165) is 0 Å². The van der Waals surface area contributed by atoms with Gasteiger partial charge in [-0.3, -0.25) is 4.79 Å². The Morgan fingerprint density at radius 3 is 2.14 bits per heavy atom. The summed E-state index contributed by atoms with van der Waals surface area (Å²) in [6, 6.07) is 4.87. The molecule has 0 unspecified atom stereocenters. The summed E-state index contributed by atoms with van der Waals surface area (Å²) < 4.78 is 20.3. The predicted octanol–water partition coefficient (Wildman–Crippen LogP) is 2.62. The number of nitrogens with one attached hydrogen (secondary N) is 2. The molecular weight excluding hydrogens is 380 g/mol. The van der Waals surface area contributed by atoms with Crippen LogP contribution >= 0.6 is 0 Å². The quantitative estimate of drug-likeness (QED) is 0.650. The maximum Gasteiger partial charge on any atom is 0.355 e. The molecule has 29 heavy (non-hydrogen) atoms. The number of anilines is 1. The summed E-state index contributed by atoms with van der Waals surface area (Å²) in [5, 5.41) is 2.61. The highest BCUT2D eigenvalue weighted by atomic mass is 16.5. The van der Waals surface area contributed by atoms with E-state index in [0.29, 0.717) is 28.4 Å². The zero-order valence-electron chi connectivity index (χ0n) is 17.0. The molecule has 0 atom stereocenters. The van der Waals surface area contributed by atoms with Crippen LogP contribution in [0.25, 0.3) is 0 Å². The Balaban J connectivity index is 2.04. The van der Waals surface area contributed by atoms with E-state index in [1.54, 1.807) is 39.0 Å². The van der Waals surface area contributed by atoms with Gasteiger partial charge < -0.3 is 29.2 Å². The van der Waals surface area contributed by atoms with E-state index < -0.39 is 24.5 Å². The molecule has 0 aliphatic carbocycles. The second-order valence-corrected chi connectivity index (χ2v) is 6.07. The molecule has 2 aromatic rings. The molecule has 9 heteroatoms. The number of aryl methyl sites for hydroxylation is 1. The average molecular weight is 404 g/mol. The molecule has 1 aromatic heterocycles. The highest BCUT2D eigenvalue weighted by Crippen LogP contribution is 2.25. The third-order valence-electron chi connectivity index (χ3n) is 4.09. The van der Waals surface area contributed by atoms with Crippen molar-refractivity contribution in [2.45, 2.75) is 20.8 Å². The van der Waals surface area contributed by atoms with Gasteiger partial charge in [-0.1, -0.05) is 0 Å². The van der Waals surface area contributed by atoms with Crippen molar-refractivity contribution in [1.82, 2.24) is 4.98 Å². The number of aromatic amines is 1. The smallest absolute Gasteiger partial charge is 0.355 e. The van der Waals surface area contributed by atoms with Crippen LogP contribution in [0.2, 0.25) is 0 Å². The summed E-state index contributed by atoms with van der Waals surface area (Å²) in [7, 11) is 2.99. The predicted molar refractivity (Wildman–Crippen MR) is 105 cm³/mol. The molecule has 0 fully saturated rings.